The van der Waals surface area contributed by atoms with Crippen LogP contribution in [-0.4, -0.2) is 27.7 Å². The molecule has 0 radical (unpaired) electrons. The summed E-state index contributed by atoms with van der Waals surface area (Å²) >= 11 is 0. The number of carbonyl (C=O) groups excluding carboxylic acids is 1. The molecule has 0 spiro atoms. The summed E-state index contributed by atoms with van der Waals surface area (Å²) in [5.41, 5.74) is 12.1. The Labute approximate surface area is 123 Å². The molecule has 3 rings (SSSR count). The molecule has 3 N–H and O–H groups in total. The van der Waals surface area contributed by atoms with Crippen LogP contribution in [0.3, 0.4) is 0 Å². The molecule has 0 bridgehead atoms. The Kier molecular flexibility index (Phi) is 3.70. The normalized spacial score (nSPS) is 15.1. The minimum absolute atomic E-state index is 0.0262. The lowest BCUT2D eigenvalue weighted by Crippen LogP contribution is -2.25. The predicted octanol–water partition coefficient (Wildman–Crippen LogP) is 1.31. The van der Waals surface area contributed by atoms with Gasteiger partial charge in [0.1, 0.15) is 5.82 Å². The third-order valence-electron chi connectivity index (χ3n) is 3.76. The SMILES string of the molecule is Cc1nc2cc(C3=NNC(=O)CC3)ccc2n1CCCN. The van der Waals surface area contributed by atoms with Crippen LogP contribution in [0.25, 0.3) is 11.0 Å². The van der Waals surface area contributed by atoms with E-state index in [4.69, 9.17) is 5.73 Å². The number of imidazole rings is 1. The van der Waals surface area contributed by atoms with Crippen molar-refractivity contribution in [3.8, 4) is 0 Å². The molecular weight excluding hydrogens is 266 g/mol. The lowest BCUT2D eigenvalue weighted by Gasteiger charge is -2.12. The maximum atomic E-state index is 11.2. The van der Waals surface area contributed by atoms with Crippen LogP contribution < -0.4 is 11.2 Å². The number of benzene rings is 1. The van der Waals surface area contributed by atoms with Crippen LogP contribution in [0.2, 0.25) is 0 Å². The quantitative estimate of drug-likeness (QED) is 0.888. The maximum absolute atomic E-state index is 11.2. The first kappa shape index (κ1) is 13.8. The second-order valence-electron chi connectivity index (χ2n) is 5.25. The number of nitrogens with zero attached hydrogens (tertiary/aromatic N) is 3. The van der Waals surface area contributed by atoms with E-state index in [0.717, 1.165) is 41.1 Å². The van der Waals surface area contributed by atoms with Gasteiger partial charge in [-0.1, -0.05) is 6.07 Å². The highest BCUT2D eigenvalue weighted by Gasteiger charge is 2.15. The molecule has 0 aliphatic carbocycles. The third kappa shape index (κ3) is 2.67. The number of aryl methyl sites for hydroxylation is 2. The molecule has 1 aliphatic heterocycles. The number of fused-ring (bicyclic) bond motifs is 1. The van der Waals surface area contributed by atoms with Gasteiger partial charge in [-0.2, -0.15) is 5.10 Å². The van der Waals surface area contributed by atoms with Crippen molar-refractivity contribution in [2.45, 2.75) is 32.7 Å². The number of rotatable bonds is 4. The highest BCUT2D eigenvalue weighted by molar-refractivity contribution is 6.05. The van der Waals surface area contributed by atoms with Gasteiger partial charge in [0.15, 0.2) is 0 Å². The van der Waals surface area contributed by atoms with Crippen molar-refractivity contribution in [1.82, 2.24) is 15.0 Å². The monoisotopic (exact) mass is 285 g/mol. The van der Waals surface area contributed by atoms with Crippen molar-refractivity contribution in [2.75, 3.05) is 6.54 Å². The molecule has 1 aliphatic rings. The summed E-state index contributed by atoms with van der Waals surface area (Å²) in [5.74, 6) is 0.969. The number of nitrogens with one attached hydrogen (secondary N) is 1. The summed E-state index contributed by atoms with van der Waals surface area (Å²) in [4.78, 5) is 15.8. The van der Waals surface area contributed by atoms with E-state index in [0.29, 0.717) is 19.4 Å². The van der Waals surface area contributed by atoms with Gasteiger partial charge < -0.3 is 10.3 Å². The Morgan fingerprint density at radius 1 is 1.38 bits per heavy atom. The number of aromatic nitrogens is 2. The van der Waals surface area contributed by atoms with Crippen LogP contribution in [0.5, 0.6) is 0 Å². The molecule has 0 fully saturated rings. The number of amides is 1. The van der Waals surface area contributed by atoms with E-state index < -0.39 is 0 Å². The molecule has 21 heavy (non-hydrogen) atoms. The van der Waals surface area contributed by atoms with E-state index in [-0.39, 0.29) is 5.91 Å². The average Bonchev–Trinajstić information content (AvgIpc) is 2.80. The van der Waals surface area contributed by atoms with Gasteiger partial charge in [0.2, 0.25) is 5.91 Å². The molecule has 0 unspecified atom stereocenters. The number of nitrogens with two attached hydrogens (primary N) is 1. The van der Waals surface area contributed by atoms with Crippen LogP contribution >= 0.6 is 0 Å². The van der Waals surface area contributed by atoms with Crippen molar-refractivity contribution < 1.29 is 4.79 Å². The Hall–Kier alpha value is -2.21. The average molecular weight is 285 g/mol. The minimum atomic E-state index is -0.0262. The number of carbonyl (C=O) groups is 1. The highest BCUT2D eigenvalue weighted by Crippen LogP contribution is 2.20. The summed E-state index contributed by atoms with van der Waals surface area (Å²) in [6.07, 6.45) is 2.10. The second kappa shape index (κ2) is 5.65. The molecule has 6 nitrogen and oxygen atoms in total. The number of hydrogen-bond donors (Lipinski definition) is 2. The highest BCUT2D eigenvalue weighted by atomic mass is 16.2. The van der Waals surface area contributed by atoms with Gasteiger partial charge in [-0.05, 0) is 32.0 Å². The lowest BCUT2D eigenvalue weighted by molar-refractivity contribution is -0.121. The Bertz CT molecular complexity index is 716. The van der Waals surface area contributed by atoms with E-state index in [1.165, 1.54) is 0 Å². The second-order valence-corrected chi connectivity index (χ2v) is 5.25. The third-order valence-corrected chi connectivity index (χ3v) is 3.76. The molecule has 2 aromatic rings. The molecular formula is C15H19N5O. The van der Waals surface area contributed by atoms with Crippen molar-refractivity contribution in [3.05, 3.63) is 29.6 Å². The minimum Gasteiger partial charge on any atom is -0.330 e. The summed E-state index contributed by atoms with van der Waals surface area (Å²) < 4.78 is 2.19. The first-order valence-electron chi connectivity index (χ1n) is 7.22. The fraction of sp³-hybridized carbons (Fsp3) is 0.400. The van der Waals surface area contributed by atoms with Gasteiger partial charge in [-0.25, -0.2) is 10.4 Å². The van der Waals surface area contributed by atoms with E-state index in [2.05, 4.69) is 26.1 Å². The van der Waals surface area contributed by atoms with Gasteiger partial charge in [-0.15, -0.1) is 0 Å². The maximum Gasteiger partial charge on any atom is 0.240 e. The molecule has 1 aromatic heterocycles. The lowest BCUT2D eigenvalue weighted by atomic mass is 10.0. The molecule has 2 heterocycles. The van der Waals surface area contributed by atoms with Crippen molar-refractivity contribution in [2.24, 2.45) is 10.8 Å². The van der Waals surface area contributed by atoms with Gasteiger partial charge >= 0.3 is 0 Å². The zero-order chi connectivity index (χ0) is 14.8. The predicted molar refractivity (Wildman–Crippen MR) is 82.1 cm³/mol. The van der Waals surface area contributed by atoms with Gasteiger partial charge in [0.05, 0.1) is 16.7 Å². The van der Waals surface area contributed by atoms with Crippen LogP contribution in [0.1, 0.15) is 30.7 Å². The van der Waals surface area contributed by atoms with Crippen LogP contribution in [-0.2, 0) is 11.3 Å². The van der Waals surface area contributed by atoms with Crippen LogP contribution in [0, 0.1) is 6.92 Å². The van der Waals surface area contributed by atoms with Gasteiger partial charge in [0, 0.05) is 24.9 Å². The smallest absolute Gasteiger partial charge is 0.240 e. The summed E-state index contributed by atoms with van der Waals surface area (Å²) in [6.45, 7) is 3.57. The Morgan fingerprint density at radius 2 is 2.24 bits per heavy atom. The molecule has 0 atom stereocenters. The zero-order valence-corrected chi connectivity index (χ0v) is 12.1. The largest absolute Gasteiger partial charge is 0.330 e. The first-order valence-corrected chi connectivity index (χ1v) is 7.22. The van der Waals surface area contributed by atoms with E-state index >= 15 is 0 Å². The Morgan fingerprint density at radius 3 is 2.95 bits per heavy atom. The number of hydrogen-bond acceptors (Lipinski definition) is 4. The van der Waals surface area contributed by atoms with Crippen LogP contribution in [0.4, 0.5) is 0 Å². The van der Waals surface area contributed by atoms with Crippen LogP contribution in [0.15, 0.2) is 23.3 Å². The topological polar surface area (TPSA) is 85.3 Å². The summed E-state index contributed by atoms with van der Waals surface area (Å²) in [7, 11) is 0. The van der Waals surface area contributed by atoms with Gasteiger partial charge in [0.25, 0.3) is 0 Å². The van der Waals surface area contributed by atoms with E-state index in [1.54, 1.807) is 0 Å². The van der Waals surface area contributed by atoms with E-state index in [9.17, 15) is 4.79 Å². The molecule has 1 amide bonds. The molecule has 110 valence electrons. The zero-order valence-electron chi connectivity index (χ0n) is 12.1. The summed E-state index contributed by atoms with van der Waals surface area (Å²) in [6, 6.07) is 6.15. The van der Waals surface area contributed by atoms with Crippen molar-refractivity contribution in [1.29, 1.82) is 0 Å². The van der Waals surface area contributed by atoms with Crippen molar-refractivity contribution >= 4 is 22.7 Å². The van der Waals surface area contributed by atoms with E-state index in [1.807, 2.05) is 19.1 Å². The number of hydrazone groups is 1. The standard InChI is InChI=1S/C15H19N5O/c1-10-17-13-9-11(12-4-6-15(21)19-18-12)3-5-14(13)20(10)8-2-7-16/h3,5,9H,2,4,6-8,16H2,1H3,(H,19,21). The summed E-state index contributed by atoms with van der Waals surface area (Å²) in [5, 5.41) is 4.13. The first-order chi connectivity index (χ1) is 10.2. The molecule has 0 saturated carbocycles. The molecule has 0 saturated heterocycles. The Balaban J connectivity index is 1.96. The fourth-order valence-corrected chi connectivity index (χ4v) is 2.64. The fourth-order valence-electron chi connectivity index (χ4n) is 2.64. The van der Waals surface area contributed by atoms with Gasteiger partial charge in [-0.3, -0.25) is 4.79 Å². The molecule has 1 aromatic carbocycles. The van der Waals surface area contributed by atoms with Crippen molar-refractivity contribution in [3.63, 3.8) is 0 Å². The molecule has 6 heteroatoms.